The molecule has 5 rings (SSSR count). The summed E-state index contributed by atoms with van der Waals surface area (Å²) in [6, 6.07) is 2.90. The fourth-order valence-electron chi connectivity index (χ4n) is 4.98. The highest BCUT2D eigenvalue weighted by Gasteiger charge is 2.38. The number of rotatable bonds is 7. The number of carboxylic acids is 1. The molecule has 0 spiro atoms. The maximum Gasteiger partial charge on any atom is 0.356 e. The van der Waals surface area contributed by atoms with Crippen molar-refractivity contribution in [3.8, 4) is 0 Å². The number of halogens is 3. The van der Waals surface area contributed by atoms with Crippen LogP contribution in [0.1, 0.15) is 52.4 Å². The Labute approximate surface area is 242 Å². The molecule has 1 unspecified atom stereocenters. The first-order chi connectivity index (χ1) is 19.7. The number of carboxylic acid groups (broad SMARTS) is 1. The van der Waals surface area contributed by atoms with Crippen molar-refractivity contribution in [3.63, 3.8) is 0 Å². The third kappa shape index (κ3) is 5.64. The Kier molecular flexibility index (Phi) is 8.27. The number of allylic oxidation sites excluding steroid dienone is 1. The van der Waals surface area contributed by atoms with Gasteiger partial charge in [-0.05, 0) is 44.4 Å². The molecule has 2 aliphatic heterocycles. The maximum atomic E-state index is 14.6. The lowest BCUT2D eigenvalue weighted by molar-refractivity contribution is -0.139. The minimum absolute atomic E-state index is 0.0969. The number of carbonyl (C=O) groups excluding carboxylic acids is 1. The first-order valence-corrected chi connectivity index (χ1v) is 14.1. The van der Waals surface area contributed by atoms with Crippen LogP contribution in [0.4, 0.5) is 14.6 Å². The van der Waals surface area contributed by atoms with E-state index < -0.39 is 34.6 Å². The van der Waals surface area contributed by atoms with Crippen molar-refractivity contribution >= 4 is 46.5 Å². The summed E-state index contributed by atoms with van der Waals surface area (Å²) in [6.45, 7) is 4.51. The number of hydrogen-bond acceptors (Lipinski definition) is 10. The van der Waals surface area contributed by atoms with Crippen molar-refractivity contribution in [2.45, 2.75) is 32.7 Å². The third-order valence-electron chi connectivity index (χ3n) is 6.97. The molecule has 41 heavy (non-hydrogen) atoms. The van der Waals surface area contributed by atoms with Crippen molar-refractivity contribution in [1.29, 1.82) is 0 Å². The number of hydrogen-bond donors (Lipinski definition) is 2. The number of nitrogens with zero attached hydrogens (tertiary/aromatic N) is 5. The second kappa shape index (κ2) is 11.9. The summed E-state index contributed by atoms with van der Waals surface area (Å²) in [4.78, 5) is 35.8. The second-order valence-corrected chi connectivity index (χ2v) is 10.7. The van der Waals surface area contributed by atoms with Gasteiger partial charge in [-0.15, -0.1) is 21.5 Å². The van der Waals surface area contributed by atoms with Gasteiger partial charge in [0.05, 0.1) is 17.2 Å². The Hall–Kier alpha value is -3.97. The zero-order valence-electron chi connectivity index (χ0n) is 22.0. The molecule has 1 aromatic carbocycles. The van der Waals surface area contributed by atoms with Gasteiger partial charge in [0.1, 0.15) is 6.04 Å². The Balaban J connectivity index is 1.53. The van der Waals surface area contributed by atoms with E-state index in [0.29, 0.717) is 53.9 Å². The summed E-state index contributed by atoms with van der Waals surface area (Å²) >= 11 is 7.60. The van der Waals surface area contributed by atoms with Gasteiger partial charge < -0.3 is 20.1 Å². The molecule has 0 bridgehead atoms. The quantitative estimate of drug-likeness (QED) is 0.292. The maximum absolute atomic E-state index is 14.6. The van der Waals surface area contributed by atoms with Crippen LogP contribution in [-0.4, -0.2) is 57.8 Å². The molecule has 10 nitrogen and oxygen atoms in total. The van der Waals surface area contributed by atoms with E-state index in [2.05, 4.69) is 20.5 Å². The molecule has 0 radical (unpaired) electrons. The monoisotopic (exact) mass is 602 g/mol. The average molecular weight is 603 g/mol. The molecule has 214 valence electrons. The fourth-order valence-corrected chi connectivity index (χ4v) is 5.83. The molecule has 3 aromatic rings. The van der Waals surface area contributed by atoms with E-state index in [0.717, 1.165) is 6.07 Å². The summed E-state index contributed by atoms with van der Waals surface area (Å²) in [5.41, 5.74) is 1.25. The number of carbonyl (C=O) groups is 2. The van der Waals surface area contributed by atoms with Crippen LogP contribution in [0.15, 0.2) is 46.0 Å². The van der Waals surface area contributed by atoms with E-state index in [-0.39, 0.29) is 29.4 Å². The number of ether oxygens (including phenoxy) is 1. The van der Waals surface area contributed by atoms with Gasteiger partial charge in [-0.3, -0.25) is 4.99 Å². The lowest BCUT2D eigenvalue weighted by atomic mass is 9.85. The molecule has 2 aliphatic rings. The number of aliphatic imine (C=N–C) groups is 1. The van der Waals surface area contributed by atoms with Crippen LogP contribution in [0.5, 0.6) is 0 Å². The number of thiazole rings is 1. The molecule has 14 heteroatoms. The predicted molar refractivity (Wildman–Crippen MR) is 148 cm³/mol. The van der Waals surface area contributed by atoms with E-state index in [9.17, 15) is 23.5 Å². The number of benzene rings is 1. The lowest BCUT2D eigenvalue weighted by Crippen LogP contribution is -2.42. The molecule has 4 heterocycles. The van der Waals surface area contributed by atoms with Gasteiger partial charge in [0.25, 0.3) is 0 Å². The molecule has 0 saturated carbocycles. The molecular formula is C27H25ClF2N6O4S. The van der Waals surface area contributed by atoms with E-state index >= 15 is 0 Å². The fraction of sp³-hybridized carbons (Fsp3) is 0.333. The highest BCUT2D eigenvalue weighted by Crippen LogP contribution is 2.41. The highest BCUT2D eigenvalue weighted by atomic mass is 35.5. The molecule has 2 aromatic heterocycles. The van der Waals surface area contributed by atoms with Crippen LogP contribution in [0.3, 0.4) is 0 Å². The number of aromatic carboxylic acids is 1. The normalized spacial score (nSPS) is 17.7. The number of nitrogens with one attached hydrogen (secondary N) is 1. The molecule has 1 atom stereocenters. The Morgan fingerprint density at radius 3 is 2.63 bits per heavy atom. The van der Waals surface area contributed by atoms with Gasteiger partial charge in [-0.1, -0.05) is 17.7 Å². The van der Waals surface area contributed by atoms with Crippen LogP contribution in [0.25, 0.3) is 0 Å². The van der Waals surface area contributed by atoms with E-state index in [1.807, 2.05) is 4.90 Å². The van der Waals surface area contributed by atoms with E-state index in [4.69, 9.17) is 21.3 Å². The number of amidine groups is 1. The molecule has 0 amide bonds. The second-order valence-electron chi connectivity index (χ2n) is 9.46. The number of aryl methyl sites for hydroxylation is 1. The van der Waals surface area contributed by atoms with E-state index in [1.165, 1.54) is 17.4 Å². The Bertz CT molecular complexity index is 1560. The van der Waals surface area contributed by atoms with E-state index in [1.54, 1.807) is 31.5 Å². The van der Waals surface area contributed by atoms with Gasteiger partial charge in [-0.25, -0.2) is 23.4 Å². The number of esters is 1. The summed E-state index contributed by atoms with van der Waals surface area (Å²) < 4.78 is 34.0. The topological polar surface area (TPSA) is 130 Å². The largest absolute Gasteiger partial charge is 0.476 e. The first-order valence-electron chi connectivity index (χ1n) is 12.8. The zero-order chi connectivity index (χ0) is 29.3. The average Bonchev–Trinajstić information content (AvgIpc) is 3.51. The van der Waals surface area contributed by atoms with Crippen LogP contribution in [0, 0.1) is 24.5 Å². The Morgan fingerprint density at radius 1 is 1.24 bits per heavy atom. The predicted octanol–water partition coefficient (Wildman–Crippen LogP) is 4.70. The van der Waals surface area contributed by atoms with Gasteiger partial charge in [-0.2, -0.15) is 0 Å². The van der Waals surface area contributed by atoms with Gasteiger partial charge >= 0.3 is 11.9 Å². The molecule has 0 aliphatic carbocycles. The zero-order valence-corrected chi connectivity index (χ0v) is 23.6. The minimum atomic E-state index is -1.22. The van der Waals surface area contributed by atoms with Crippen molar-refractivity contribution in [3.05, 3.63) is 79.5 Å². The minimum Gasteiger partial charge on any atom is -0.476 e. The lowest BCUT2D eigenvalue weighted by Gasteiger charge is -2.37. The van der Waals surface area contributed by atoms with Crippen LogP contribution >= 0.6 is 22.9 Å². The van der Waals surface area contributed by atoms with Gasteiger partial charge in [0, 0.05) is 41.8 Å². The summed E-state index contributed by atoms with van der Waals surface area (Å²) in [5, 5.41) is 22.4. The Morgan fingerprint density at radius 2 is 2.00 bits per heavy atom. The number of anilines is 1. The SMILES string of the molecule is CCOC(=O)C1=C(C2CCN(c3cc(C)c(C(=O)O)nn3)CC2)NC(c2nccs2)=NC1c1ccc(F)c(F)c1Cl. The van der Waals surface area contributed by atoms with Crippen molar-refractivity contribution < 1.29 is 28.2 Å². The van der Waals surface area contributed by atoms with Crippen LogP contribution in [-0.2, 0) is 9.53 Å². The van der Waals surface area contributed by atoms with Crippen molar-refractivity contribution in [1.82, 2.24) is 20.5 Å². The number of piperidine rings is 1. The molecule has 1 fully saturated rings. The molecular weight excluding hydrogens is 578 g/mol. The van der Waals surface area contributed by atoms with Gasteiger partial charge in [0.15, 0.2) is 34.0 Å². The first kappa shape index (κ1) is 28.6. The summed E-state index contributed by atoms with van der Waals surface area (Å²) in [7, 11) is 0. The van der Waals surface area contributed by atoms with Crippen LogP contribution < -0.4 is 10.2 Å². The highest BCUT2D eigenvalue weighted by molar-refractivity contribution is 7.11. The number of aromatic nitrogens is 3. The summed E-state index contributed by atoms with van der Waals surface area (Å²) in [6.07, 6.45) is 2.77. The molecule has 1 saturated heterocycles. The smallest absolute Gasteiger partial charge is 0.356 e. The summed E-state index contributed by atoms with van der Waals surface area (Å²) in [5.74, 6) is -3.36. The van der Waals surface area contributed by atoms with Crippen molar-refractivity contribution in [2.24, 2.45) is 10.9 Å². The standard InChI is InChI=1S/C27H25ClF2N6O4S/c1-3-40-27(39)18-22(14-6-9-36(10-7-14)17-12-13(2)21(26(37)38)35-34-17)32-24(25-31-8-11-41-25)33-23(18)15-4-5-16(29)20(30)19(15)28/h4-5,8,11-12,14,23H,3,6-7,9-10H2,1-2H3,(H,32,33)(H,37,38). The van der Waals surface area contributed by atoms with Gasteiger partial charge in [0.2, 0.25) is 0 Å². The van der Waals surface area contributed by atoms with Crippen molar-refractivity contribution in [2.75, 3.05) is 24.6 Å². The van der Waals surface area contributed by atoms with Crippen LogP contribution in [0.2, 0.25) is 5.02 Å². The molecule has 2 N–H and O–H groups in total. The third-order valence-corrected chi connectivity index (χ3v) is 8.13.